The zero-order valence-corrected chi connectivity index (χ0v) is 16.3. The normalized spacial score (nSPS) is 19.7. The molecule has 2 heterocycles. The van der Waals surface area contributed by atoms with Crippen LogP contribution in [0.1, 0.15) is 30.1 Å². The Kier molecular flexibility index (Phi) is 5.84. The summed E-state index contributed by atoms with van der Waals surface area (Å²) in [5.41, 5.74) is 0.322. The Balaban J connectivity index is 1.88. The Morgan fingerprint density at radius 3 is 2.31 bits per heavy atom. The minimum absolute atomic E-state index is 0.158. The van der Waals surface area contributed by atoms with Gasteiger partial charge in [0.05, 0.1) is 17.6 Å². The first-order valence-electron chi connectivity index (χ1n) is 9.17. The summed E-state index contributed by atoms with van der Waals surface area (Å²) in [5, 5.41) is 0. The minimum atomic E-state index is -3.62. The van der Waals surface area contributed by atoms with Crippen molar-refractivity contribution in [3.8, 4) is 5.75 Å². The number of piperazine rings is 1. The lowest BCUT2D eigenvalue weighted by atomic mass is 10.1. The molecule has 0 radical (unpaired) electrons. The fourth-order valence-corrected chi connectivity index (χ4v) is 4.99. The molecule has 144 valence electrons. The Labute approximate surface area is 155 Å². The van der Waals surface area contributed by atoms with Gasteiger partial charge in [0.1, 0.15) is 5.75 Å². The van der Waals surface area contributed by atoms with Crippen molar-refractivity contribution >= 4 is 15.9 Å². The predicted molar refractivity (Wildman–Crippen MR) is 99.0 cm³/mol. The first-order chi connectivity index (χ1) is 12.5. The van der Waals surface area contributed by atoms with Crippen molar-refractivity contribution in [2.45, 2.75) is 24.7 Å². The molecule has 1 aromatic carbocycles. The highest BCUT2D eigenvalue weighted by atomic mass is 32.2. The molecule has 0 unspecified atom stereocenters. The largest absolute Gasteiger partial charge is 0.496 e. The molecule has 2 aliphatic rings. The van der Waals surface area contributed by atoms with Crippen molar-refractivity contribution < 1.29 is 17.9 Å². The number of ether oxygens (including phenoxy) is 1. The fourth-order valence-electron chi connectivity index (χ4n) is 3.54. The molecule has 0 aromatic heterocycles. The third kappa shape index (κ3) is 3.72. The molecule has 7 nitrogen and oxygen atoms in total. The van der Waals surface area contributed by atoms with Crippen LogP contribution >= 0.6 is 0 Å². The van der Waals surface area contributed by atoms with E-state index in [2.05, 4.69) is 11.8 Å². The van der Waals surface area contributed by atoms with Gasteiger partial charge in [-0.05, 0) is 37.6 Å². The van der Waals surface area contributed by atoms with Gasteiger partial charge in [-0.15, -0.1) is 0 Å². The van der Waals surface area contributed by atoms with Crippen LogP contribution in [0.25, 0.3) is 0 Å². The number of hydrogen-bond donors (Lipinski definition) is 0. The van der Waals surface area contributed by atoms with Crippen LogP contribution in [-0.2, 0) is 10.0 Å². The zero-order valence-electron chi connectivity index (χ0n) is 15.5. The van der Waals surface area contributed by atoms with Crippen molar-refractivity contribution in [2.24, 2.45) is 0 Å². The van der Waals surface area contributed by atoms with Crippen molar-refractivity contribution in [2.75, 3.05) is 52.9 Å². The third-order valence-electron chi connectivity index (χ3n) is 5.21. The first kappa shape index (κ1) is 19.1. The van der Waals surface area contributed by atoms with Gasteiger partial charge in [-0.1, -0.05) is 6.92 Å². The molecule has 1 aromatic rings. The Bertz CT molecular complexity index is 752. The lowest BCUT2D eigenvalue weighted by Gasteiger charge is -2.33. The second-order valence-electron chi connectivity index (χ2n) is 6.70. The summed E-state index contributed by atoms with van der Waals surface area (Å²) < 4.78 is 32.8. The van der Waals surface area contributed by atoms with E-state index in [0.717, 1.165) is 32.5 Å². The number of sulfonamides is 1. The van der Waals surface area contributed by atoms with Gasteiger partial charge in [-0.25, -0.2) is 8.42 Å². The summed E-state index contributed by atoms with van der Waals surface area (Å²) in [6.45, 7) is 6.80. The van der Waals surface area contributed by atoms with Gasteiger partial charge in [0.25, 0.3) is 5.91 Å². The average molecular weight is 381 g/mol. The lowest BCUT2D eigenvalue weighted by molar-refractivity contribution is 0.0789. The molecule has 0 spiro atoms. The molecule has 1 amide bonds. The van der Waals surface area contributed by atoms with Crippen LogP contribution < -0.4 is 4.74 Å². The number of hydrogen-bond acceptors (Lipinski definition) is 5. The molecule has 3 rings (SSSR count). The molecule has 26 heavy (non-hydrogen) atoms. The Morgan fingerprint density at radius 1 is 1.08 bits per heavy atom. The van der Waals surface area contributed by atoms with Crippen LogP contribution in [0.3, 0.4) is 0 Å². The van der Waals surface area contributed by atoms with E-state index in [1.54, 1.807) is 11.0 Å². The number of likely N-dealkylation sites (N-methyl/N-ethyl adjacent to an activating group) is 1. The smallest absolute Gasteiger partial charge is 0.257 e. The number of carbonyl (C=O) groups is 1. The van der Waals surface area contributed by atoms with E-state index in [4.69, 9.17) is 4.74 Å². The van der Waals surface area contributed by atoms with Gasteiger partial charge in [0, 0.05) is 39.3 Å². The highest BCUT2D eigenvalue weighted by Gasteiger charge is 2.30. The number of carbonyl (C=O) groups excluding carboxylic acids is 1. The van der Waals surface area contributed by atoms with E-state index in [1.807, 2.05) is 0 Å². The quantitative estimate of drug-likeness (QED) is 0.768. The van der Waals surface area contributed by atoms with Gasteiger partial charge < -0.3 is 14.5 Å². The van der Waals surface area contributed by atoms with Gasteiger partial charge >= 0.3 is 0 Å². The summed E-state index contributed by atoms with van der Waals surface area (Å²) in [6.07, 6.45) is 1.96. The lowest BCUT2D eigenvalue weighted by Crippen LogP contribution is -2.48. The first-order valence-corrected chi connectivity index (χ1v) is 10.6. The standard InChI is InChI=1S/C18H27N3O4S/c1-3-19-10-12-21(13-11-19)26(23,24)15-6-7-17(25-2)16(14-15)18(22)20-8-4-5-9-20/h6-7,14H,3-5,8-13H2,1-2H3. The van der Waals surface area contributed by atoms with E-state index >= 15 is 0 Å². The average Bonchev–Trinajstić information content (AvgIpc) is 3.21. The highest BCUT2D eigenvalue weighted by Crippen LogP contribution is 2.27. The number of methoxy groups -OCH3 is 1. The van der Waals surface area contributed by atoms with Gasteiger partial charge in [-0.3, -0.25) is 4.79 Å². The predicted octanol–water partition coefficient (Wildman–Crippen LogP) is 1.26. The molecule has 2 aliphatic heterocycles. The molecular formula is C18H27N3O4S. The van der Waals surface area contributed by atoms with Crippen LogP contribution in [0.2, 0.25) is 0 Å². The van der Waals surface area contributed by atoms with Crippen LogP contribution in [0.15, 0.2) is 23.1 Å². The second-order valence-corrected chi connectivity index (χ2v) is 8.64. The van der Waals surface area contributed by atoms with Crippen molar-refractivity contribution in [3.63, 3.8) is 0 Å². The van der Waals surface area contributed by atoms with E-state index in [9.17, 15) is 13.2 Å². The van der Waals surface area contributed by atoms with E-state index < -0.39 is 10.0 Å². The zero-order chi connectivity index (χ0) is 18.7. The third-order valence-corrected chi connectivity index (χ3v) is 7.11. The summed E-state index contributed by atoms with van der Waals surface area (Å²) in [5.74, 6) is 0.254. The van der Waals surface area contributed by atoms with E-state index in [0.29, 0.717) is 37.5 Å². The van der Waals surface area contributed by atoms with Crippen molar-refractivity contribution in [1.82, 2.24) is 14.1 Å². The molecule has 0 aliphatic carbocycles. The molecule has 2 saturated heterocycles. The van der Waals surface area contributed by atoms with E-state index in [1.165, 1.54) is 23.5 Å². The van der Waals surface area contributed by atoms with Crippen LogP contribution in [0.4, 0.5) is 0 Å². The summed E-state index contributed by atoms with van der Waals surface area (Å²) in [7, 11) is -2.12. The Hall–Kier alpha value is -1.64. The van der Waals surface area contributed by atoms with Gasteiger partial charge in [-0.2, -0.15) is 4.31 Å². The summed E-state index contributed by atoms with van der Waals surface area (Å²) in [6, 6.07) is 4.58. The van der Waals surface area contributed by atoms with Gasteiger partial charge in [0.2, 0.25) is 10.0 Å². The maximum Gasteiger partial charge on any atom is 0.257 e. The summed E-state index contributed by atoms with van der Waals surface area (Å²) >= 11 is 0. The minimum Gasteiger partial charge on any atom is -0.496 e. The highest BCUT2D eigenvalue weighted by molar-refractivity contribution is 7.89. The van der Waals surface area contributed by atoms with Crippen LogP contribution in [0, 0.1) is 0 Å². The molecule has 8 heteroatoms. The number of nitrogens with zero attached hydrogens (tertiary/aromatic N) is 3. The van der Waals surface area contributed by atoms with Crippen molar-refractivity contribution in [1.29, 1.82) is 0 Å². The SMILES string of the molecule is CCN1CCN(S(=O)(=O)c2ccc(OC)c(C(=O)N3CCCC3)c2)CC1. The second kappa shape index (κ2) is 7.94. The number of likely N-dealkylation sites (tertiary alicyclic amines) is 1. The number of rotatable bonds is 5. The van der Waals surface area contributed by atoms with Crippen LogP contribution in [0.5, 0.6) is 5.75 Å². The molecule has 0 bridgehead atoms. The van der Waals surface area contributed by atoms with Crippen molar-refractivity contribution in [3.05, 3.63) is 23.8 Å². The molecule has 0 N–H and O–H groups in total. The molecule has 2 fully saturated rings. The number of amides is 1. The monoisotopic (exact) mass is 381 g/mol. The number of benzene rings is 1. The maximum atomic E-state index is 13.0. The summed E-state index contributed by atoms with van der Waals surface area (Å²) in [4.78, 5) is 16.9. The van der Waals surface area contributed by atoms with Crippen LogP contribution in [-0.4, -0.2) is 81.4 Å². The topological polar surface area (TPSA) is 70.2 Å². The molecule has 0 saturated carbocycles. The molecule has 0 atom stereocenters. The Morgan fingerprint density at radius 2 is 1.73 bits per heavy atom. The fraction of sp³-hybridized carbons (Fsp3) is 0.611. The van der Waals surface area contributed by atoms with E-state index in [-0.39, 0.29) is 10.8 Å². The maximum absolute atomic E-state index is 13.0. The molecular weight excluding hydrogens is 354 g/mol. The van der Waals surface area contributed by atoms with Gasteiger partial charge in [0.15, 0.2) is 0 Å².